The van der Waals surface area contributed by atoms with Crippen LogP contribution in [0.2, 0.25) is 0 Å². The predicted molar refractivity (Wildman–Crippen MR) is 65.0 cm³/mol. The Bertz CT molecular complexity index is 279. The van der Waals surface area contributed by atoms with E-state index in [-0.39, 0.29) is 0 Å². The number of nitrogen functional groups attached to an aromatic ring is 1. The molecule has 0 aromatic heterocycles. The van der Waals surface area contributed by atoms with E-state index < -0.39 is 0 Å². The predicted octanol–water partition coefficient (Wildman–Crippen LogP) is 3.39. The van der Waals surface area contributed by atoms with Gasteiger partial charge in [-0.3, -0.25) is 0 Å². The van der Waals surface area contributed by atoms with E-state index in [0.29, 0.717) is 0 Å². The van der Waals surface area contributed by atoms with Crippen LogP contribution in [0.1, 0.15) is 25.7 Å². The van der Waals surface area contributed by atoms with Gasteiger partial charge in [-0.1, -0.05) is 6.08 Å². The number of hydrogen-bond acceptors (Lipinski definition) is 2. The molecule has 2 N–H and O–H groups in total. The van der Waals surface area contributed by atoms with Crippen molar-refractivity contribution in [2.75, 3.05) is 12.3 Å². The highest BCUT2D eigenvalue weighted by atomic mass is 16.5. The van der Waals surface area contributed by atoms with Crippen molar-refractivity contribution in [3.63, 3.8) is 0 Å². The fraction of sp³-hybridized carbons (Fsp3) is 0.385. The highest BCUT2D eigenvalue weighted by Crippen LogP contribution is 2.13. The van der Waals surface area contributed by atoms with Gasteiger partial charge in [-0.25, -0.2) is 0 Å². The minimum Gasteiger partial charge on any atom is -0.494 e. The third-order valence-corrected chi connectivity index (χ3v) is 2.20. The molecule has 0 aliphatic rings. The first-order valence-corrected chi connectivity index (χ1v) is 5.42. The van der Waals surface area contributed by atoms with Crippen molar-refractivity contribution in [2.45, 2.75) is 25.7 Å². The molecule has 0 aliphatic carbocycles. The molecule has 15 heavy (non-hydrogen) atoms. The van der Waals surface area contributed by atoms with Crippen molar-refractivity contribution in [1.82, 2.24) is 0 Å². The SMILES string of the molecule is C=CCCCCCOc1ccc(N)cc1. The Morgan fingerprint density at radius 1 is 1.13 bits per heavy atom. The van der Waals surface area contributed by atoms with Crippen LogP contribution >= 0.6 is 0 Å². The molecule has 0 amide bonds. The van der Waals surface area contributed by atoms with Crippen molar-refractivity contribution in [1.29, 1.82) is 0 Å². The fourth-order valence-electron chi connectivity index (χ4n) is 1.32. The summed E-state index contributed by atoms with van der Waals surface area (Å²) in [6, 6.07) is 7.51. The maximum absolute atomic E-state index is 5.57. The van der Waals surface area contributed by atoms with Crippen LogP contribution in [0.25, 0.3) is 0 Å². The zero-order chi connectivity index (χ0) is 10.9. The number of rotatable bonds is 7. The van der Waals surface area contributed by atoms with Gasteiger partial charge in [0.15, 0.2) is 0 Å². The van der Waals surface area contributed by atoms with Gasteiger partial charge < -0.3 is 10.5 Å². The average molecular weight is 205 g/mol. The number of unbranched alkanes of at least 4 members (excludes halogenated alkanes) is 3. The molecule has 0 atom stereocenters. The van der Waals surface area contributed by atoms with Crippen molar-refractivity contribution in [2.24, 2.45) is 0 Å². The van der Waals surface area contributed by atoms with Gasteiger partial charge in [-0.2, -0.15) is 0 Å². The van der Waals surface area contributed by atoms with E-state index in [0.717, 1.165) is 30.9 Å². The molecule has 2 nitrogen and oxygen atoms in total. The summed E-state index contributed by atoms with van der Waals surface area (Å²) >= 11 is 0. The molecule has 82 valence electrons. The van der Waals surface area contributed by atoms with Crippen LogP contribution in [0.4, 0.5) is 5.69 Å². The lowest BCUT2D eigenvalue weighted by atomic mass is 10.2. The quantitative estimate of drug-likeness (QED) is 0.420. The Hall–Kier alpha value is -1.44. The molecule has 0 saturated heterocycles. The first-order chi connectivity index (χ1) is 7.33. The van der Waals surface area contributed by atoms with Crippen molar-refractivity contribution < 1.29 is 4.74 Å². The molecule has 1 aromatic carbocycles. The monoisotopic (exact) mass is 205 g/mol. The maximum atomic E-state index is 5.57. The van der Waals surface area contributed by atoms with Gasteiger partial charge in [0, 0.05) is 5.69 Å². The normalized spacial score (nSPS) is 9.87. The number of benzene rings is 1. The topological polar surface area (TPSA) is 35.2 Å². The molecular formula is C13H19NO. The van der Waals surface area contributed by atoms with Gasteiger partial charge in [-0.15, -0.1) is 6.58 Å². The minimum absolute atomic E-state index is 0.772. The molecule has 0 aliphatic heterocycles. The Kier molecular flexibility index (Phi) is 5.38. The van der Waals surface area contributed by atoms with Crippen molar-refractivity contribution in [3.8, 4) is 5.75 Å². The number of ether oxygens (including phenoxy) is 1. The summed E-state index contributed by atoms with van der Waals surface area (Å²) in [6.45, 7) is 4.47. The highest BCUT2D eigenvalue weighted by molar-refractivity contribution is 5.41. The summed E-state index contributed by atoms with van der Waals surface area (Å²) in [7, 11) is 0. The Labute approximate surface area is 91.7 Å². The van der Waals surface area contributed by atoms with E-state index in [1.54, 1.807) is 0 Å². The van der Waals surface area contributed by atoms with E-state index in [1.807, 2.05) is 30.3 Å². The smallest absolute Gasteiger partial charge is 0.119 e. The lowest BCUT2D eigenvalue weighted by Gasteiger charge is -2.05. The Morgan fingerprint density at radius 2 is 1.87 bits per heavy atom. The fourth-order valence-corrected chi connectivity index (χ4v) is 1.32. The van der Waals surface area contributed by atoms with Gasteiger partial charge in [0.05, 0.1) is 6.61 Å². The average Bonchev–Trinajstić information content (AvgIpc) is 2.26. The van der Waals surface area contributed by atoms with Crippen molar-refractivity contribution in [3.05, 3.63) is 36.9 Å². The zero-order valence-electron chi connectivity index (χ0n) is 9.11. The summed E-state index contributed by atoms with van der Waals surface area (Å²) in [5.74, 6) is 0.896. The van der Waals surface area contributed by atoms with Gasteiger partial charge in [0.1, 0.15) is 5.75 Å². The van der Waals surface area contributed by atoms with Crippen molar-refractivity contribution >= 4 is 5.69 Å². The minimum atomic E-state index is 0.772. The van der Waals surface area contributed by atoms with Crippen LogP contribution in [0.5, 0.6) is 5.75 Å². The molecule has 1 rings (SSSR count). The van der Waals surface area contributed by atoms with Crippen LogP contribution < -0.4 is 10.5 Å². The van der Waals surface area contributed by atoms with Gasteiger partial charge in [0.2, 0.25) is 0 Å². The summed E-state index contributed by atoms with van der Waals surface area (Å²) in [6.07, 6.45) is 6.55. The third-order valence-electron chi connectivity index (χ3n) is 2.20. The van der Waals surface area contributed by atoms with E-state index in [9.17, 15) is 0 Å². The molecule has 1 aromatic rings. The molecule has 0 saturated carbocycles. The first-order valence-electron chi connectivity index (χ1n) is 5.42. The Balaban J connectivity index is 2.09. The maximum Gasteiger partial charge on any atom is 0.119 e. The van der Waals surface area contributed by atoms with Gasteiger partial charge in [0.25, 0.3) is 0 Å². The zero-order valence-corrected chi connectivity index (χ0v) is 9.11. The van der Waals surface area contributed by atoms with Gasteiger partial charge in [-0.05, 0) is 49.9 Å². The van der Waals surface area contributed by atoms with Crippen LogP contribution in [-0.4, -0.2) is 6.61 Å². The highest BCUT2D eigenvalue weighted by Gasteiger charge is 1.93. The summed E-state index contributed by atoms with van der Waals surface area (Å²) in [5.41, 5.74) is 6.34. The number of anilines is 1. The third kappa shape index (κ3) is 5.11. The van der Waals surface area contributed by atoms with E-state index in [4.69, 9.17) is 10.5 Å². The second-order valence-electron chi connectivity index (χ2n) is 3.56. The molecular weight excluding hydrogens is 186 g/mol. The Morgan fingerprint density at radius 3 is 2.53 bits per heavy atom. The molecule has 0 spiro atoms. The first kappa shape index (κ1) is 11.6. The second-order valence-corrected chi connectivity index (χ2v) is 3.56. The number of nitrogens with two attached hydrogens (primary N) is 1. The lowest BCUT2D eigenvalue weighted by molar-refractivity contribution is 0.305. The summed E-state index contributed by atoms with van der Waals surface area (Å²) in [4.78, 5) is 0. The van der Waals surface area contributed by atoms with E-state index in [1.165, 1.54) is 12.8 Å². The number of hydrogen-bond donors (Lipinski definition) is 1. The van der Waals surface area contributed by atoms with Crippen LogP contribution in [0.15, 0.2) is 36.9 Å². The molecule has 0 radical (unpaired) electrons. The standard InChI is InChI=1S/C13H19NO/c1-2-3-4-5-6-11-15-13-9-7-12(14)8-10-13/h2,7-10H,1,3-6,11,14H2. The van der Waals surface area contributed by atoms with E-state index in [2.05, 4.69) is 6.58 Å². The van der Waals surface area contributed by atoms with Gasteiger partial charge >= 0.3 is 0 Å². The molecule has 0 heterocycles. The second kappa shape index (κ2) is 6.93. The molecule has 0 unspecified atom stereocenters. The summed E-state index contributed by atoms with van der Waals surface area (Å²) in [5, 5.41) is 0. The van der Waals surface area contributed by atoms with Crippen LogP contribution in [0, 0.1) is 0 Å². The molecule has 2 heteroatoms. The largest absolute Gasteiger partial charge is 0.494 e. The lowest BCUT2D eigenvalue weighted by Crippen LogP contribution is -1.97. The molecule has 0 bridgehead atoms. The molecule has 0 fully saturated rings. The van der Waals surface area contributed by atoms with Crippen LogP contribution in [0.3, 0.4) is 0 Å². The summed E-state index contributed by atoms with van der Waals surface area (Å²) < 4.78 is 5.56. The van der Waals surface area contributed by atoms with E-state index >= 15 is 0 Å². The number of allylic oxidation sites excluding steroid dienone is 1. The van der Waals surface area contributed by atoms with Crippen LogP contribution in [-0.2, 0) is 0 Å².